The minimum Gasteiger partial charge on any atom is -0.343 e. The fourth-order valence-electron chi connectivity index (χ4n) is 3.57. The molecule has 3 atom stereocenters. The summed E-state index contributed by atoms with van der Waals surface area (Å²) in [4.78, 5) is 26.7. The number of sulfone groups is 1. The van der Waals surface area contributed by atoms with Crippen LogP contribution in [0, 0.1) is 5.92 Å². The molecule has 162 valence electrons. The van der Waals surface area contributed by atoms with Crippen molar-refractivity contribution in [1.82, 2.24) is 10.2 Å². The van der Waals surface area contributed by atoms with Crippen molar-refractivity contribution in [3.63, 3.8) is 0 Å². The fraction of sp³-hybridized carbons (Fsp3) is 0.619. The molecule has 0 aliphatic carbocycles. The van der Waals surface area contributed by atoms with Crippen LogP contribution in [0.25, 0.3) is 0 Å². The first-order valence-electron chi connectivity index (χ1n) is 10.2. The van der Waals surface area contributed by atoms with Gasteiger partial charge in [0.1, 0.15) is 6.04 Å². The molecule has 1 aliphatic heterocycles. The van der Waals surface area contributed by atoms with Crippen LogP contribution in [-0.2, 0) is 25.8 Å². The third kappa shape index (κ3) is 6.82. The molecule has 0 saturated carbocycles. The molecular formula is C21H33N3O4S. The summed E-state index contributed by atoms with van der Waals surface area (Å²) in [6.07, 6.45) is 1.88. The van der Waals surface area contributed by atoms with Crippen molar-refractivity contribution in [1.29, 1.82) is 0 Å². The molecule has 8 heteroatoms. The molecule has 7 nitrogen and oxygen atoms in total. The number of amides is 2. The highest BCUT2D eigenvalue weighted by Crippen LogP contribution is 2.22. The summed E-state index contributed by atoms with van der Waals surface area (Å²) in [7, 11) is -3.31. The van der Waals surface area contributed by atoms with Crippen LogP contribution in [0.2, 0.25) is 0 Å². The summed E-state index contributed by atoms with van der Waals surface area (Å²) < 4.78 is 25.3. The predicted molar refractivity (Wildman–Crippen MR) is 114 cm³/mol. The van der Waals surface area contributed by atoms with Crippen molar-refractivity contribution in [2.45, 2.75) is 58.2 Å². The summed E-state index contributed by atoms with van der Waals surface area (Å²) in [5.74, 6) is -0.721. The van der Waals surface area contributed by atoms with Gasteiger partial charge >= 0.3 is 0 Å². The highest BCUT2D eigenvalue weighted by molar-refractivity contribution is 7.91. The van der Waals surface area contributed by atoms with E-state index in [0.717, 1.165) is 12.0 Å². The van der Waals surface area contributed by atoms with Gasteiger partial charge < -0.3 is 16.0 Å². The summed E-state index contributed by atoms with van der Waals surface area (Å²) >= 11 is 0. The van der Waals surface area contributed by atoms with E-state index in [1.807, 2.05) is 44.2 Å². The van der Waals surface area contributed by atoms with E-state index in [9.17, 15) is 18.0 Å². The molecule has 0 radical (unpaired) electrons. The van der Waals surface area contributed by atoms with E-state index < -0.39 is 21.9 Å². The number of benzene rings is 1. The third-order valence-corrected chi connectivity index (χ3v) is 7.01. The SMILES string of the molecule is CC(C)[C@H](NC(=O)[C@H](C)N)C(=O)N1CCC[C@H]1CS(=O)(=O)CCc1ccccc1. The number of hydrogen-bond acceptors (Lipinski definition) is 5. The third-order valence-electron chi connectivity index (χ3n) is 5.30. The molecular weight excluding hydrogens is 390 g/mol. The molecule has 0 spiro atoms. The van der Waals surface area contributed by atoms with Crippen molar-refractivity contribution in [2.24, 2.45) is 11.7 Å². The maximum atomic E-state index is 13.1. The molecule has 2 rings (SSSR count). The first kappa shape index (κ1) is 23.3. The summed E-state index contributed by atoms with van der Waals surface area (Å²) in [5.41, 5.74) is 6.59. The summed E-state index contributed by atoms with van der Waals surface area (Å²) in [5, 5.41) is 2.72. The van der Waals surface area contributed by atoms with Gasteiger partial charge in [0.05, 0.1) is 17.5 Å². The molecule has 0 aromatic heterocycles. The second-order valence-electron chi connectivity index (χ2n) is 8.20. The van der Waals surface area contributed by atoms with Crippen LogP contribution in [0.5, 0.6) is 0 Å². The van der Waals surface area contributed by atoms with Crippen molar-refractivity contribution in [3.8, 4) is 0 Å². The number of carbonyl (C=O) groups excluding carboxylic acids is 2. The van der Waals surface area contributed by atoms with Gasteiger partial charge in [-0.25, -0.2) is 8.42 Å². The van der Waals surface area contributed by atoms with Crippen LogP contribution in [0.15, 0.2) is 30.3 Å². The Balaban J connectivity index is 2.03. The van der Waals surface area contributed by atoms with E-state index in [1.54, 1.807) is 11.8 Å². The molecule has 1 aromatic rings. The Hall–Kier alpha value is -1.93. The summed E-state index contributed by atoms with van der Waals surface area (Å²) in [6, 6.07) is 7.73. The zero-order valence-corrected chi connectivity index (χ0v) is 18.3. The van der Waals surface area contributed by atoms with E-state index >= 15 is 0 Å². The van der Waals surface area contributed by atoms with E-state index in [-0.39, 0.29) is 35.3 Å². The molecule has 29 heavy (non-hydrogen) atoms. The first-order chi connectivity index (χ1) is 13.6. The second-order valence-corrected chi connectivity index (χ2v) is 10.4. The predicted octanol–water partition coefficient (Wildman–Crippen LogP) is 1.12. The van der Waals surface area contributed by atoms with Gasteiger partial charge in [-0.2, -0.15) is 0 Å². The van der Waals surface area contributed by atoms with Gasteiger partial charge in [0.2, 0.25) is 11.8 Å². The second kappa shape index (κ2) is 10.2. The Kier molecular flexibility index (Phi) is 8.22. The smallest absolute Gasteiger partial charge is 0.245 e. The van der Waals surface area contributed by atoms with E-state index in [4.69, 9.17) is 5.73 Å². The minimum atomic E-state index is -3.31. The number of hydrogen-bond donors (Lipinski definition) is 2. The monoisotopic (exact) mass is 423 g/mol. The molecule has 2 amide bonds. The fourth-order valence-corrected chi connectivity index (χ4v) is 5.22. The van der Waals surface area contributed by atoms with Crippen molar-refractivity contribution < 1.29 is 18.0 Å². The van der Waals surface area contributed by atoms with Crippen molar-refractivity contribution in [3.05, 3.63) is 35.9 Å². The zero-order valence-electron chi connectivity index (χ0n) is 17.5. The van der Waals surface area contributed by atoms with Crippen LogP contribution >= 0.6 is 0 Å². The standard InChI is InChI=1S/C21H33N3O4S/c1-15(2)19(23-20(25)16(3)22)21(26)24-12-7-10-18(24)14-29(27,28)13-11-17-8-5-4-6-9-17/h4-6,8-9,15-16,18-19H,7,10-14,22H2,1-3H3,(H,23,25)/t16-,18-,19-/m0/s1. The number of nitrogens with zero attached hydrogens (tertiary/aromatic N) is 1. The Morgan fingerprint density at radius 1 is 1.21 bits per heavy atom. The molecule has 1 aliphatic rings. The van der Waals surface area contributed by atoms with Gasteiger partial charge in [0.15, 0.2) is 9.84 Å². The Bertz CT molecular complexity index is 793. The van der Waals surface area contributed by atoms with E-state index in [2.05, 4.69) is 5.32 Å². The van der Waals surface area contributed by atoms with Crippen LogP contribution < -0.4 is 11.1 Å². The maximum absolute atomic E-state index is 13.1. The number of rotatable bonds is 9. The average Bonchev–Trinajstić information content (AvgIpc) is 3.11. The normalized spacial score (nSPS) is 19.2. The Morgan fingerprint density at radius 2 is 1.86 bits per heavy atom. The Morgan fingerprint density at radius 3 is 2.45 bits per heavy atom. The number of nitrogens with two attached hydrogens (primary N) is 1. The van der Waals surface area contributed by atoms with Gasteiger partial charge in [0, 0.05) is 12.6 Å². The largest absolute Gasteiger partial charge is 0.343 e. The molecule has 0 unspecified atom stereocenters. The Labute approximate surface area is 173 Å². The zero-order chi connectivity index (χ0) is 21.6. The number of carbonyl (C=O) groups is 2. The van der Waals surface area contributed by atoms with Crippen LogP contribution in [0.3, 0.4) is 0 Å². The minimum absolute atomic E-state index is 0.0440. The molecule has 0 bridgehead atoms. The van der Waals surface area contributed by atoms with Gasteiger partial charge in [-0.05, 0) is 37.7 Å². The molecule has 1 saturated heterocycles. The van der Waals surface area contributed by atoms with Crippen LogP contribution in [-0.4, -0.2) is 61.3 Å². The van der Waals surface area contributed by atoms with E-state index in [0.29, 0.717) is 19.4 Å². The molecule has 1 aromatic carbocycles. The lowest BCUT2D eigenvalue weighted by Gasteiger charge is -2.31. The molecule has 3 N–H and O–H groups in total. The van der Waals surface area contributed by atoms with Crippen LogP contribution in [0.4, 0.5) is 0 Å². The lowest BCUT2D eigenvalue weighted by atomic mass is 10.0. The maximum Gasteiger partial charge on any atom is 0.245 e. The van der Waals surface area contributed by atoms with Crippen LogP contribution in [0.1, 0.15) is 39.2 Å². The van der Waals surface area contributed by atoms with Gasteiger partial charge in [0.25, 0.3) is 0 Å². The highest BCUT2D eigenvalue weighted by atomic mass is 32.2. The van der Waals surface area contributed by atoms with Gasteiger partial charge in [-0.1, -0.05) is 44.2 Å². The summed E-state index contributed by atoms with van der Waals surface area (Å²) in [6.45, 7) is 5.78. The molecule has 1 fully saturated rings. The number of nitrogens with one attached hydrogen (secondary N) is 1. The number of likely N-dealkylation sites (tertiary alicyclic amines) is 1. The van der Waals surface area contributed by atoms with E-state index in [1.165, 1.54) is 0 Å². The van der Waals surface area contributed by atoms with Crippen molar-refractivity contribution in [2.75, 3.05) is 18.1 Å². The first-order valence-corrected chi connectivity index (χ1v) is 12.0. The van der Waals surface area contributed by atoms with Gasteiger partial charge in [-0.3, -0.25) is 9.59 Å². The highest BCUT2D eigenvalue weighted by Gasteiger charge is 2.37. The average molecular weight is 424 g/mol. The molecule has 1 heterocycles. The lowest BCUT2D eigenvalue weighted by Crippen LogP contribution is -2.55. The quantitative estimate of drug-likeness (QED) is 0.619. The number of aryl methyl sites for hydroxylation is 1. The van der Waals surface area contributed by atoms with Crippen molar-refractivity contribution >= 4 is 21.7 Å². The van der Waals surface area contributed by atoms with Gasteiger partial charge in [-0.15, -0.1) is 0 Å². The lowest BCUT2D eigenvalue weighted by molar-refractivity contribution is -0.138. The topological polar surface area (TPSA) is 110 Å².